The minimum atomic E-state index is -3.77. The van der Waals surface area contributed by atoms with Gasteiger partial charge >= 0.3 is 0 Å². The van der Waals surface area contributed by atoms with Crippen LogP contribution in [0.3, 0.4) is 0 Å². The number of hydrogen-bond donors (Lipinski definition) is 2. The van der Waals surface area contributed by atoms with E-state index in [4.69, 9.17) is 15.2 Å². The molecular formula is C18H22N2O4S. The van der Waals surface area contributed by atoms with Crippen molar-refractivity contribution in [2.24, 2.45) is 0 Å². The third kappa shape index (κ3) is 3.57. The molecule has 0 fully saturated rings. The van der Waals surface area contributed by atoms with Gasteiger partial charge in [-0.2, -0.15) is 0 Å². The van der Waals surface area contributed by atoms with Gasteiger partial charge in [0.15, 0.2) is 0 Å². The number of hydrogen-bond acceptors (Lipinski definition) is 5. The predicted molar refractivity (Wildman–Crippen MR) is 96.4 cm³/mol. The minimum Gasteiger partial charge on any atom is -0.497 e. The van der Waals surface area contributed by atoms with E-state index in [-0.39, 0.29) is 16.7 Å². The monoisotopic (exact) mass is 362 g/mol. The van der Waals surface area contributed by atoms with Crippen LogP contribution in [0.1, 0.15) is 30.0 Å². The zero-order chi connectivity index (χ0) is 18.0. The third-order valence-corrected chi connectivity index (χ3v) is 5.93. The molecule has 2 aromatic rings. The van der Waals surface area contributed by atoms with E-state index in [1.54, 1.807) is 18.2 Å². The average molecular weight is 362 g/mol. The first kappa shape index (κ1) is 17.6. The van der Waals surface area contributed by atoms with Gasteiger partial charge in [0.1, 0.15) is 16.4 Å². The molecule has 6 nitrogen and oxygen atoms in total. The molecule has 2 aromatic carbocycles. The number of sulfonamides is 1. The number of benzene rings is 2. The highest BCUT2D eigenvalue weighted by Gasteiger charge is 2.28. The largest absolute Gasteiger partial charge is 0.497 e. The molecule has 1 unspecified atom stereocenters. The van der Waals surface area contributed by atoms with Gasteiger partial charge in [0.05, 0.1) is 14.2 Å². The molecule has 1 aliphatic carbocycles. The lowest BCUT2D eigenvalue weighted by Gasteiger charge is -2.27. The van der Waals surface area contributed by atoms with Gasteiger partial charge in [-0.1, -0.05) is 6.07 Å². The standard InChI is InChI=1S/C18H22N2O4S/c1-23-14-7-9-17(24-2)18(11-14)25(21,22)20-16-5-3-4-12-10-13(19)6-8-15(12)16/h6-11,16,20H,3-5,19H2,1-2H3. The number of nitrogens with one attached hydrogen (secondary N) is 1. The lowest BCUT2D eigenvalue weighted by atomic mass is 9.88. The molecule has 0 saturated carbocycles. The molecule has 0 aliphatic heterocycles. The first-order valence-corrected chi connectivity index (χ1v) is 9.55. The molecule has 3 N–H and O–H groups in total. The van der Waals surface area contributed by atoms with Crippen LogP contribution < -0.4 is 19.9 Å². The van der Waals surface area contributed by atoms with E-state index in [1.165, 1.54) is 20.3 Å². The quantitative estimate of drug-likeness (QED) is 0.798. The Balaban J connectivity index is 1.96. The Labute approximate surface area is 148 Å². The highest BCUT2D eigenvalue weighted by atomic mass is 32.2. The van der Waals surface area contributed by atoms with Crippen molar-refractivity contribution in [1.29, 1.82) is 0 Å². The molecule has 0 radical (unpaired) electrons. The first-order chi connectivity index (χ1) is 11.9. The van der Waals surface area contributed by atoms with Crippen molar-refractivity contribution in [3.8, 4) is 11.5 Å². The molecule has 3 rings (SSSR count). The number of anilines is 1. The summed E-state index contributed by atoms with van der Waals surface area (Å²) < 4.78 is 39.1. The first-order valence-electron chi connectivity index (χ1n) is 8.07. The maximum absolute atomic E-state index is 13.0. The summed E-state index contributed by atoms with van der Waals surface area (Å²) in [7, 11) is -0.837. The summed E-state index contributed by atoms with van der Waals surface area (Å²) in [6.07, 6.45) is 2.54. The van der Waals surface area contributed by atoms with E-state index in [9.17, 15) is 8.42 Å². The summed E-state index contributed by atoms with van der Waals surface area (Å²) in [6.45, 7) is 0. The summed E-state index contributed by atoms with van der Waals surface area (Å²) in [4.78, 5) is 0.0666. The number of nitrogen functional groups attached to an aromatic ring is 1. The molecule has 0 spiro atoms. The van der Waals surface area contributed by atoms with Gasteiger partial charge in [-0.3, -0.25) is 0 Å². The van der Waals surface area contributed by atoms with Gasteiger partial charge in [-0.25, -0.2) is 13.1 Å². The molecule has 1 atom stereocenters. The Morgan fingerprint density at radius 3 is 2.64 bits per heavy atom. The molecule has 7 heteroatoms. The summed E-state index contributed by atoms with van der Waals surface area (Å²) in [5.74, 6) is 0.736. The number of fused-ring (bicyclic) bond motifs is 1. The smallest absolute Gasteiger partial charge is 0.244 e. The van der Waals surface area contributed by atoms with Crippen LogP contribution >= 0.6 is 0 Å². The van der Waals surface area contributed by atoms with E-state index in [1.807, 2.05) is 12.1 Å². The molecule has 1 aliphatic rings. The van der Waals surface area contributed by atoms with Crippen LogP contribution in [0.2, 0.25) is 0 Å². The number of ether oxygens (including phenoxy) is 2. The lowest BCUT2D eigenvalue weighted by Crippen LogP contribution is -2.31. The number of methoxy groups -OCH3 is 2. The molecule has 0 saturated heterocycles. The molecule has 0 heterocycles. The fourth-order valence-corrected chi connectivity index (χ4v) is 4.64. The Bertz CT molecular complexity index is 881. The van der Waals surface area contributed by atoms with Gasteiger partial charge in [-0.15, -0.1) is 0 Å². The lowest BCUT2D eigenvalue weighted by molar-refractivity contribution is 0.391. The van der Waals surface area contributed by atoms with Crippen LogP contribution in [0.4, 0.5) is 5.69 Å². The van der Waals surface area contributed by atoms with Crippen LogP contribution in [0.5, 0.6) is 11.5 Å². The maximum Gasteiger partial charge on any atom is 0.244 e. The molecule has 25 heavy (non-hydrogen) atoms. The van der Waals surface area contributed by atoms with Gasteiger partial charge in [-0.05, 0) is 54.7 Å². The Morgan fingerprint density at radius 1 is 1.12 bits per heavy atom. The molecular weight excluding hydrogens is 340 g/mol. The van der Waals surface area contributed by atoms with E-state index >= 15 is 0 Å². The van der Waals surface area contributed by atoms with Gasteiger partial charge in [0.2, 0.25) is 10.0 Å². The fraction of sp³-hybridized carbons (Fsp3) is 0.333. The average Bonchev–Trinajstić information content (AvgIpc) is 2.60. The van der Waals surface area contributed by atoms with Crippen molar-refractivity contribution in [3.63, 3.8) is 0 Å². The summed E-state index contributed by atoms with van der Waals surface area (Å²) in [6, 6.07) is 10.1. The minimum absolute atomic E-state index is 0.0666. The van der Waals surface area contributed by atoms with Crippen molar-refractivity contribution >= 4 is 15.7 Å². The van der Waals surface area contributed by atoms with Gasteiger partial charge in [0.25, 0.3) is 0 Å². The van der Waals surface area contributed by atoms with E-state index in [2.05, 4.69) is 4.72 Å². The van der Waals surface area contributed by atoms with Crippen LogP contribution in [-0.4, -0.2) is 22.6 Å². The second-order valence-corrected chi connectivity index (χ2v) is 7.72. The van der Waals surface area contributed by atoms with Gasteiger partial charge < -0.3 is 15.2 Å². The normalized spacial score (nSPS) is 17.0. The summed E-state index contributed by atoms with van der Waals surface area (Å²) >= 11 is 0. The van der Waals surface area contributed by atoms with E-state index in [0.717, 1.165) is 30.4 Å². The van der Waals surface area contributed by atoms with Crippen LogP contribution in [-0.2, 0) is 16.4 Å². The van der Waals surface area contributed by atoms with Crippen molar-refractivity contribution in [2.45, 2.75) is 30.2 Å². The number of aryl methyl sites for hydroxylation is 1. The summed E-state index contributed by atoms with van der Waals surface area (Å²) in [5, 5.41) is 0. The van der Waals surface area contributed by atoms with Crippen LogP contribution in [0.15, 0.2) is 41.3 Å². The van der Waals surface area contributed by atoms with E-state index in [0.29, 0.717) is 11.4 Å². The fourth-order valence-electron chi connectivity index (χ4n) is 3.20. The molecule has 134 valence electrons. The molecule has 0 aromatic heterocycles. The Hall–Kier alpha value is -2.25. The van der Waals surface area contributed by atoms with Crippen molar-refractivity contribution in [1.82, 2.24) is 4.72 Å². The SMILES string of the molecule is COc1ccc(OC)c(S(=O)(=O)NC2CCCc3cc(N)ccc32)c1. The zero-order valence-corrected chi connectivity index (χ0v) is 15.1. The Kier molecular flexibility index (Phi) is 4.87. The highest BCUT2D eigenvalue weighted by molar-refractivity contribution is 7.89. The second-order valence-electron chi connectivity index (χ2n) is 6.04. The molecule has 0 bridgehead atoms. The second kappa shape index (κ2) is 6.93. The maximum atomic E-state index is 13.0. The third-order valence-electron chi connectivity index (χ3n) is 4.44. The van der Waals surface area contributed by atoms with Crippen LogP contribution in [0.25, 0.3) is 0 Å². The van der Waals surface area contributed by atoms with E-state index < -0.39 is 10.0 Å². The molecule has 0 amide bonds. The number of nitrogens with two attached hydrogens (primary N) is 1. The zero-order valence-electron chi connectivity index (χ0n) is 14.3. The van der Waals surface area contributed by atoms with Crippen molar-refractivity contribution in [3.05, 3.63) is 47.5 Å². The van der Waals surface area contributed by atoms with Crippen molar-refractivity contribution in [2.75, 3.05) is 20.0 Å². The highest BCUT2D eigenvalue weighted by Crippen LogP contribution is 2.34. The summed E-state index contributed by atoms with van der Waals surface area (Å²) in [5.41, 5.74) is 8.61. The predicted octanol–water partition coefficient (Wildman–Crippen LogP) is 2.64. The van der Waals surface area contributed by atoms with Gasteiger partial charge in [0, 0.05) is 17.8 Å². The van der Waals surface area contributed by atoms with Crippen molar-refractivity contribution < 1.29 is 17.9 Å². The van der Waals surface area contributed by atoms with Crippen LogP contribution in [0, 0.1) is 0 Å². The topological polar surface area (TPSA) is 90.6 Å². The Morgan fingerprint density at radius 2 is 1.92 bits per heavy atom. The number of rotatable bonds is 5.